The Balaban J connectivity index is 1.74. The lowest BCUT2D eigenvalue weighted by Crippen LogP contribution is -2.51. The van der Waals surface area contributed by atoms with Crippen molar-refractivity contribution in [3.63, 3.8) is 0 Å². The highest BCUT2D eigenvalue weighted by Gasteiger charge is 2.72. The van der Waals surface area contributed by atoms with E-state index < -0.39 is 23.4 Å². The number of carbonyl (C=O) groups is 1. The second kappa shape index (κ2) is 6.99. The van der Waals surface area contributed by atoms with Crippen molar-refractivity contribution >= 4 is 23.4 Å². The topological polar surface area (TPSA) is 99.0 Å². The lowest BCUT2D eigenvalue weighted by atomic mass is 9.71. The summed E-state index contributed by atoms with van der Waals surface area (Å²) in [4.78, 5) is 11.1. The van der Waals surface area contributed by atoms with Gasteiger partial charge in [-0.05, 0) is 35.7 Å². The van der Waals surface area contributed by atoms with Crippen molar-refractivity contribution in [1.29, 1.82) is 0 Å². The van der Waals surface area contributed by atoms with E-state index in [1.165, 1.54) is 6.07 Å². The molecule has 1 amide bonds. The molecular formula is C24H20ClNO5. The predicted molar refractivity (Wildman–Crippen MR) is 116 cm³/mol. The maximum atomic E-state index is 12.1. The number of halogens is 1. The van der Waals surface area contributed by atoms with Gasteiger partial charge in [0.05, 0.1) is 6.10 Å². The monoisotopic (exact) mass is 437 g/mol. The molecule has 7 heteroatoms. The van der Waals surface area contributed by atoms with Gasteiger partial charge in [0, 0.05) is 28.3 Å². The van der Waals surface area contributed by atoms with E-state index in [9.17, 15) is 15.0 Å². The maximum absolute atomic E-state index is 12.1. The highest BCUT2D eigenvalue weighted by molar-refractivity contribution is 6.30. The van der Waals surface area contributed by atoms with Crippen molar-refractivity contribution in [3.8, 4) is 5.75 Å². The molecule has 3 aromatic carbocycles. The van der Waals surface area contributed by atoms with E-state index in [4.69, 9.17) is 21.4 Å². The van der Waals surface area contributed by atoms with Crippen LogP contribution in [0.1, 0.15) is 29.0 Å². The minimum Gasteiger partial charge on any atom is -0.478 e. The first-order chi connectivity index (χ1) is 14.9. The van der Waals surface area contributed by atoms with Gasteiger partial charge in [-0.2, -0.15) is 0 Å². The van der Waals surface area contributed by atoms with Gasteiger partial charge in [0.15, 0.2) is 11.2 Å². The van der Waals surface area contributed by atoms with Gasteiger partial charge < -0.3 is 20.1 Å². The van der Waals surface area contributed by atoms with Gasteiger partial charge in [0.25, 0.3) is 0 Å². The van der Waals surface area contributed by atoms with Crippen LogP contribution in [0.3, 0.4) is 0 Å². The zero-order valence-corrected chi connectivity index (χ0v) is 17.1. The predicted octanol–water partition coefficient (Wildman–Crippen LogP) is 4.45. The van der Waals surface area contributed by atoms with Crippen LogP contribution in [0.5, 0.6) is 5.75 Å². The van der Waals surface area contributed by atoms with Gasteiger partial charge in [-0.1, -0.05) is 60.1 Å². The van der Waals surface area contributed by atoms with Crippen LogP contribution < -0.4 is 10.1 Å². The molecular weight excluding hydrogens is 418 g/mol. The molecule has 158 valence electrons. The zero-order valence-electron chi connectivity index (χ0n) is 16.3. The Morgan fingerprint density at radius 2 is 1.77 bits per heavy atom. The van der Waals surface area contributed by atoms with Crippen molar-refractivity contribution in [2.45, 2.75) is 29.6 Å². The Labute approximate surface area is 183 Å². The van der Waals surface area contributed by atoms with Crippen LogP contribution in [0.2, 0.25) is 5.02 Å². The summed E-state index contributed by atoms with van der Waals surface area (Å²) in [6.07, 6.45) is -2.02. The molecule has 4 unspecified atom stereocenters. The molecule has 1 heterocycles. The summed E-state index contributed by atoms with van der Waals surface area (Å²) in [5.41, 5.74) is -0.727. The highest BCUT2D eigenvalue weighted by Crippen LogP contribution is 2.66. The Kier molecular flexibility index (Phi) is 4.48. The Hall–Kier alpha value is -3.06. The third-order valence-corrected chi connectivity index (χ3v) is 6.64. The number of benzene rings is 3. The average Bonchev–Trinajstić information content (AvgIpc) is 3.14. The van der Waals surface area contributed by atoms with Gasteiger partial charge in [-0.3, -0.25) is 5.32 Å². The third-order valence-electron chi connectivity index (χ3n) is 6.39. The summed E-state index contributed by atoms with van der Waals surface area (Å²) in [6.45, 7) is 0. The first kappa shape index (κ1) is 19.9. The minimum absolute atomic E-state index is 0.289. The van der Waals surface area contributed by atoms with Crippen LogP contribution >= 0.6 is 11.6 Å². The SMILES string of the molecule is O=C(O)Nc1ccc2c(c1)OC1(c3ccc(Cl)cc3)C(c3ccccc3)CC(O)C21O. The second-order valence-corrected chi connectivity index (χ2v) is 8.40. The molecule has 3 aromatic rings. The van der Waals surface area contributed by atoms with Gasteiger partial charge in [0.2, 0.25) is 0 Å². The molecule has 1 saturated carbocycles. The molecule has 0 aromatic heterocycles. The van der Waals surface area contributed by atoms with E-state index in [1.807, 2.05) is 30.3 Å². The van der Waals surface area contributed by atoms with Gasteiger partial charge >= 0.3 is 6.09 Å². The fourth-order valence-electron chi connectivity index (χ4n) is 5.13. The molecule has 1 aliphatic carbocycles. The van der Waals surface area contributed by atoms with E-state index >= 15 is 0 Å². The molecule has 5 rings (SSSR count). The highest BCUT2D eigenvalue weighted by atomic mass is 35.5. The van der Waals surface area contributed by atoms with Crippen LogP contribution in [0, 0.1) is 0 Å². The lowest BCUT2D eigenvalue weighted by molar-refractivity contribution is -0.149. The van der Waals surface area contributed by atoms with Crippen LogP contribution in [0.15, 0.2) is 72.8 Å². The van der Waals surface area contributed by atoms with Gasteiger partial charge in [-0.15, -0.1) is 0 Å². The average molecular weight is 438 g/mol. The summed E-state index contributed by atoms with van der Waals surface area (Å²) in [7, 11) is 0. The minimum atomic E-state index is -1.74. The molecule has 4 atom stereocenters. The lowest BCUT2D eigenvalue weighted by Gasteiger charge is -2.40. The normalized spacial score (nSPS) is 28.5. The fourth-order valence-corrected chi connectivity index (χ4v) is 5.26. The summed E-state index contributed by atoms with van der Waals surface area (Å²) < 4.78 is 6.52. The van der Waals surface area contributed by atoms with Crippen molar-refractivity contribution in [1.82, 2.24) is 0 Å². The van der Waals surface area contributed by atoms with Crippen molar-refractivity contribution < 1.29 is 24.9 Å². The number of hydrogen-bond donors (Lipinski definition) is 4. The van der Waals surface area contributed by atoms with Crippen LogP contribution in [0.25, 0.3) is 0 Å². The number of amides is 1. The number of ether oxygens (including phenoxy) is 1. The largest absolute Gasteiger partial charge is 0.478 e. The molecule has 2 aliphatic rings. The van der Waals surface area contributed by atoms with Gasteiger partial charge in [-0.25, -0.2) is 4.79 Å². The molecule has 1 fully saturated rings. The van der Waals surface area contributed by atoms with Crippen LogP contribution in [-0.4, -0.2) is 27.5 Å². The third kappa shape index (κ3) is 2.76. The number of aliphatic hydroxyl groups excluding tert-OH is 1. The number of anilines is 1. The molecule has 0 spiro atoms. The van der Waals surface area contributed by atoms with Crippen LogP contribution in [-0.2, 0) is 11.2 Å². The smallest absolute Gasteiger partial charge is 0.409 e. The van der Waals surface area contributed by atoms with E-state index in [0.717, 1.165) is 5.56 Å². The number of carboxylic acid groups (broad SMARTS) is 1. The number of fused-ring (bicyclic) bond motifs is 3. The van der Waals surface area contributed by atoms with Gasteiger partial charge in [0.1, 0.15) is 5.75 Å². The Morgan fingerprint density at radius 1 is 1.06 bits per heavy atom. The summed E-state index contributed by atoms with van der Waals surface area (Å²) in [5, 5.41) is 35.2. The summed E-state index contributed by atoms with van der Waals surface area (Å²) in [6, 6.07) is 21.4. The first-order valence-electron chi connectivity index (χ1n) is 9.91. The van der Waals surface area contributed by atoms with Crippen molar-refractivity contribution in [2.75, 3.05) is 5.32 Å². The van der Waals surface area contributed by atoms with Crippen LogP contribution in [0.4, 0.5) is 10.5 Å². The number of rotatable bonds is 3. The Bertz CT molecular complexity index is 1150. The van der Waals surface area contributed by atoms with Crippen molar-refractivity contribution in [3.05, 3.63) is 94.5 Å². The quantitative estimate of drug-likeness (QED) is 0.485. The standard InChI is InChI=1S/C24H20ClNO5/c25-16-8-6-15(7-9-16)24-19(14-4-2-1-3-5-14)13-21(27)23(24,30)18-11-10-17(26-22(28)29)12-20(18)31-24/h1-12,19,21,26-27,30H,13H2,(H,28,29). The molecule has 1 aliphatic heterocycles. The molecule has 0 radical (unpaired) electrons. The van der Waals surface area contributed by atoms with E-state index in [0.29, 0.717) is 27.6 Å². The maximum Gasteiger partial charge on any atom is 0.409 e. The Morgan fingerprint density at radius 3 is 2.45 bits per heavy atom. The fraction of sp³-hybridized carbons (Fsp3) is 0.208. The summed E-state index contributed by atoms with van der Waals surface area (Å²) >= 11 is 6.12. The zero-order chi connectivity index (χ0) is 21.8. The van der Waals surface area contributed by atoms with Crippen molar-refractivity contribution in [2.24, 2.45) is 0 Å². The first-order valence-corrected chi connectivity index (χ1v) is 10.3. The number of aliphatic hydroxyl groups is 2. The van der Waals surface area contributed by atoms with E-state index in [-0.39, 0.29) is 12.3 Å². The summed E-state index contributed by atoms with van der Waals surface area (Å²) in [5.74, 6) is -0.0402. The molecule has 31 heavy (non-hydrogen) atoms. The molecule has 6 nitrogen and oxygen atoms in total. The number of hydrogen-bond acceptors (Lipinski definition) is 4. The van der Waals surface area contributed by atoms with E-state index in [2.05, 4.69) is 5.32 Å². The molecule has 0 saturated heterocycles. The number of nitrogens with one attached hydrogen (secondary N) is 1. The molecule has 0 bridgehead atoms. The molecule has 4 N–H and O–H groups in total. The second-order valence-electron chi connectivity index (χ2n) is 7.97. The van der Waals surface area contributed by atoms with E-state index in [1.54, 1.807) is 36.4 Å².